The van der Waals surface area contributed by atoms with Crippen molar-refractivity contribution in [3.8, 4) is 5.75 Å². The molecule has 0 aromatic heterocycles. The molecule has 0 radical (unpaired) electrons. The first-order valence-corrected chi connectivity index (χ1v) is 11.9. The largest absolute Gasteiger partial charge is 0.495 e. The highest BCUT2D eigenvalue weighted by Gasteiger charge is 2.27. The highest BCUT2D eigenvalue weighted by Crippen LogP contribution is 2.25. The smallest absolute Gasteiger partial charge is 0.244 e. The topological polar surface area (TPSA) is 92.8 Å². The number of hydrogen-bond acceptors (Lipinski definition) is 5. The van der Waals surface area contributed by atoms with Gasteiger partial charge < -0.3 is 4.74 Å². The summed E-state index contributed by atoms with van der Waals surface area (Å²) in [6.07, 6.45) is 1.75. The summed E-state index contributed by atoms with van der Waals surface area (Å²) in [5, 5.41) is 0. The van der Waals surface area contributed by atoms with E-state index >= 15 is 0 Å². The van der Waals surface area contributed by atoms with Crippen molar-refractivity contribution in [2.75, 3.05) is 20.2 Å². The third-order valence-electron chi connectivity index (χ3n) is 4.70. The molecule has 1 fully saturated rings. The van der Waals surface area contributed by atoms with Crippen LogP contribution < -0.4 is 9.46 Å². The van der Waals surface area contributed by atoms with Crippen LogP contribution in [0.5, 0.6) is 5.75 Å². The van der Waals surface area contributed by atoms with Gasteiger partial charge in [0.05, 0.1) is 12.0 Å². The van der Waals surface area contributed by atoms with Gasteiger partial charge in [-0.1, -0.05) is 18.2 Å². The second-order valence-corrected chi connectivity index (χ2v) is 10.4. The van der Waals surface area contributed by atoms with Crippen molar-refractivity contribution in [1.82, 2.24) is 9.03 Å². The number of hydrogen-bond donors (Lipinski definition) is 1. The highest BCUT2D eigenvalue weighted by molar-refractivity contribution is 7.89. The van der Waals surface area contributed by atoms with Crippen molar-refractivity contribution in [3.63, 3.8) is 0 Å². The van der Waals surface area contributed by atoms with E-state index < -0.39 is 20.0 Å². The Balaban J connectivity index is 1.74. The monoisotopic (exact) mass is 424 g/mol. The second-order valence-electron chi connectivity index (χ2n) is 6.73. The number of aryl methyl sites for hydroxylation is 1. The number of benzene rings is 2. The van der Waals surface area contributed by atoms with Crippen LogP contribution in [0.4, 0.5) is 0 Å². The summed E-state index contributed by atoms with van der Waals surface area (Å²) in [6, 6.07) is 11.2. The zero-order valence-electron chi connectivity index (χ0n) is 15.9. The minimum Gasteiger partial charge on any atom is -0.495 e. The fourth-order valence-electron chi connectivity index (χ4n) is 3.11. The van der Waals surface area contributed by atoms with E-state index in [0.717, 1.165) is 18.4 Å². The molecule has 28 heavy (non-hydrogen) atoms. The van der Waals surface area contributed by atoms with Gasteiger partial charge in [0.1, 0.15) is 10.6 Å². The van der Waals surface area contributed by atoms with Crippen molar-refractivity contribution in [3.05, 3.63) is 53.6 Å². The van der Waals surface area contributed by atoms with Gasteiger partial charge in [0.2, 0.25) is 20.0 Å². The van der Waals surface area contributed by atoms with E-state index in [1.165, 1.54) is 23.5 Å². The average Bonchev–Trinajstić information content (AvgIpc) is 3.22. The molecule has 0 atom stereocenters. The highest BCUT2D eigenvalue weighted by atomic mass is 32.2. The lowest BCUT2D eigenvalue weighted by atomic mass is 10.2. The zero-order chi connectivity index (χ0) is 20.4. The molecular weight excluding hydrogens is 400 g/mol. The third-order valence-corrected chi connectivity index (χ3v) is 8.04. The lowest BCUT2D eigenvalue weighted by molar-refractivity contribution is 0.402. The lowest BCUT2D eigenvalue weighted by Gasteiger charge is -2.16. The number of methoxy groups -OCH3 is 1. The Kier molecular flexibility index (Phi) is 6.09. The van der Waals surface area contributed by atoms with Gasteiger partial charge in [0.15, 0.2) is 0 Å². The van der Waals surface area contributed by atoms with Crippen molar-refractivity contribution < 1.29 is 21.6 Å². The molecule has 152 valence electrons. The molecule has 0 saturated carbocycles. The van der Waals surface area contributed by atoms with Gasteiger partial charge in [-0.05, 0) is 55.2 Å². The van der Waals surface area contributed by atoms with Crippen LogP contribution in [0.25, 0.3) is 0 Å². The molecule has 7 nitrogen and oxygen atoms in total. The van der Waals surface area contributed by atoms with Crippen molar-refractivity contribution >= 4 is 20.0 Å². The Bertz CT molecular complexity index is 1040. The van der Waals surface area contributed by atoms with Gasteiger partial charge in [-0.15, -0.1) is 0 Å². The van der Waals surface area contributed by atoms with E-state index in [-0.39, 0.29) is 22.1 Å². The summed E-state index contributed by atoms with van der Waals surface area (Å²) in [7, 11) is -5.83. The molecule has 0 aliphatic carbocycles. The summed E-state index contributed by atoms with van der Waals surface area (Å²) in [5.41, 5.74) is 1.47. The molecule has 1 aliphatic rings. The van der Waals surface area contributed by atoms with Gasteiger partial charge >= 0.3 is 0 Å². The van der Waals surface area contributed by atoms with Crippen LogP contribution in [0, 0.1) is 6.92 Å². The minimum atomic E-state index is -3.78. The SMILES string of the molecule is COc1ccc(C)cc1S(=O)(=O)NCc1ccc(S(=O)(=O)N2CCCC2)cc1. The molecule has 1 saturated heterocycles. The number of nitrogens with one attached hydrogen (secondary N) is 1. The molecule has 9 heteroatoms. The first-order valence-electron chi connectivity index (χ1n) is 8.97. The summed E-state index contributed by atoms with van der Waals surface area (Å²) in [4.78, 5) is 0.296. The van der Waals surface area contributed by atoms with Crippen LogP contribution in [0.15, 0.2) is 52.3 Å². The number of rotatable bonds is 7. The zero-order valence-corrected chi connectivity index (χ0v) is 17.5. The van der Waals surface area contributed by atoms with Crippen LogP contribution in [0.3, 0.4) is 0 Å². The number of ether oxygens (including phenoxy) is 1. The van der Waals surface area contributed by atoms with Gasteiger partial charge in [0, 0.05) is 19.6 Å². The summed E-state index contributed by atoms with van der Waals surface area (Å²) in [6.45, 7) is 2.94. The van der Waals surface area contributed by atoms with E-state index in [1.807, 2.05) is 0 Å². The van der Waals surface area contributed by atoms with Crippen LogP contribution in [-0.4, -0.2) is 41.3 Å². The van der Waals surface area contributed by atoms with Crippen LogP contribution >= 0.6 is 0 Å². The molecule has 2 aromatic rings. The van der Waals surface area contributed by atoms with E-state index in [9.17, 15) is 16.8 Å². The fourth-order valence-corrected chi connectivity index (χ4v) is 5.89. The van der Waals surface area contributed by atoms with Gasteiger partial charge in [-0.2, -0.15) is 4.31 Å². The second kappa shape index (κ2) is 8.20. The minimum absolute atomic E-state index is 0.0451. The Morgan fingerprint density at radius 1 is 1.00 bits per heavy atom. The van der Waals surface area contributed by atoms with E-state index in [0.29, 0.717) is 18.7 Å². The normalized spacial score (nSPS) is 15.6. The first-order chi connectivity index (χ1) is 13.2. The van der Waals surface area contributed by atoms with Gasteiger partial charge in [-0.3, -0.25) is 0 Å². The Labute approximate surface area is 166 Å². The molecule has 0 unspecified atom stereocenters. The molecule has 2 aromatic carbocycles. The fraction of sp³-hybridized carbons (Fsp3) is 0.368. The molecule has 0 spiro atoms. The van der Waals surface area contributed by atoms with Crippen molar-refractivity contribution in [1.29, 1.82) is 0 Å². The number of sulfonamides is 2. The Morgan fingerprint density at radius 3 is 2.25 bits per heavy atom. The van der Waals surface area contributed by atoms with Crippen molar-refractivity contribution in [2.45, 2.75) is 36.1 Å². The standard InChI is InChI=1S/C19H24N2O5S2/c1-15-5-10-18(26-2)19(13-15)27(22,23)20-14-16-6-8-17(9-7-16)28(24,25)21-11-3-4-12-21/h5-10,13,20H,3-4,11-12,14H2,1-2H3. The predicted octanol–water partition coefficient (Wildman–Crippen LogP) is 2.27. The quantitative estimate of drug-likeness (QED) is 0.736. The molecule has 0 bridgehead atoms. The van der Waals surface area contributed by atoms with Crippen LogP contribution in [0.2, 0.25) is 0 Å². The van der Waals surface area contributed by atoms with Crippen LogP contribution in [-0.2, 0) is 26.6 Å². The third kappa shape index (κ3) is 4.38. The van der Waals surface area contributed by atoms with E-state index in [1.54, 1.807) is 37.3 Å². The first kappa shape index (κ1) is 20.8. The number of nitrogens with zero attached hydrogens (tertiary/aromatic N) is 1. The van der Waals surface area contributed by atoms with E-state index in [4.69, 9.17) is 4.74 Å². The van der Waals surface area contributed by atoms with Crippen LogP contribution in [0.1, 0.15) is 24.0 Å². The maximum absolute atomic E-state index is 12.6. The summed E-state index contributed by atoms with van der Waals surface area (Å²) in [5.74, 6) is 0.269. The Morgan fingerprint density at radius 2 is 1.64 bits per heavy atom. The molecule has 1 aliphatic heterocycles. The molecule has 1 heterocycles. The molecule has 1 N–H and O–H groups in total. The lowest BCUT2D eigenvalue weighted by Crippen LogP contribution is -2.28. The molecule has 3 rings (SSSR count). The predicted molar refractivity (Wildman–Crippen MR) is 106 cm³/mol. The molecular formula is C19H24N2O5S2. The molecule has 0 amide bonds. The summed E-state index contributed by atoms with van der Waals surface area (Å²) >= 11 is 0. The van der Waals surface area contributed by atoms with Gasteiger partial charge in [0.25, 0.3) is 0 Å². The average molecular weight is 425 g/mol. The maximum Gasteiger partial charge on any atom is 0.244 e. The maximum atomic E-state index is 12.6. The summed E-state index contributed by atoms with van der Waals surface area (Å²) < 4.78 is 59.6. The van der Waals surface area contributed by atoms with Crippen molar-refractivity contribution in [2.24, 2.45) is 0 Å². The Hall–Kier alpha value is -1.94. The van der Waals surface area contributed by atoms with E-state index in [2.05, 4.69) is 4.72 Å². The van der Waals surface area contributed by atoms with Gasteiger partial charge in [-0.25, -0.2) is 21.6 Å².